The number of hydrogen-bond donors (Lipinski definition) is 3. The van der Waals surface area contributed by atoms with Crippen molar-refractivity contribution in [1.29, 1.82) is 0 Å². The van der Waals surface area contributed by atoms with Crippen LogP contribution in [0.4, 0.5) is 4.79 Å². The number of hydrogen-bond acceptors (Lipinski definition) is 4. The molecule has 0 unspecified atom stereocenters. The first-order valence-corrected chi connectivity index (χ1v) is 10.7. The zero-order valence-electron chi connectivity index (χ0n) is 18.8. The second-order valence-electron chi connectivity index (χ2n) is 9.28. The largest absolute Gasteiger partial charge is 0.481 e. The van der Waals surface area contributed by atoms with Crippen molar-refractivity contribution in [2.75, 3.05) is 6.61 Å². The molecule has 0 aliphatic heterocycles. The topological polar surface area (TPSA) is 105 Å². The molecule has 7 nitrogen and oxygen atoms in total. The third kappa shape index (κ3) is 5.28. The lowest BCUT2D eigenvalue weighted by Crippen LogP contribution is -2.55. The van der Waals surface area contributed by atoms with E-state index in [1.54, 1.807) is 6.92 Å². The van der Waals surface area contributed by atoms with Gasteiger partial charge in [0.25, 0.3) is 0 Å². The van der Waals surface area contributed by atoms with Crippen molar-refractivity contribution in [2.24, 2.45) is 5.41 Å². The van der Waals surface area contributed by atoms with Gasteiger partial charge in [-0.2, -0.15) is 0 Å². The Morgan fingerprint density at radius 3 is 2.00 bits per heavy atom. The number of benzene rings is 2. The van der Waals surface area contributed by atoms with Gasteiger partial charge in [-0.05, 0) is 34.6 Å². The fourth-order valence-electron chi connectivity index (χ4n) is 4.07. The van der Waals surface area contributed by atoms with Gasteiger partial charge in [0.2, 0.25) is 5.91 Å². The molecule has 3 N–H and O–H groups in total. The Kier molecular flexibility index (Phi) is 6.87. The van der Waals surface area contributed by atoms with Gasteiger partial charge in [0.05, 0.1) is 6.42 Å². The van der Waals surface area contributed by atoms with Gasteiger partial charge in [0, 0.05) is 12.0 Å². The van der Waals surface area contributed by atoms with Crippen molar-refractivity contribution in [3.8, 4) is 11.1 Å². The summed E-state index contributed by atoms with van der Waals surface area (Å²) in [6.07, 6.45) is -0.888. The van der Waals surface area contributed by atoms with Gasteiger partial charge in [-0.1, -0.05) is 69.3 Å². The van der Waals surface area contributed by atoms with E-state index in [0.29, 0.717) is 0 Å². The van der Waals surface area contributed by atoms with Crippen LogP contribution in [0, 0.1) is 5.41 Å². The summed E-state index contributed by atoms with van der Waals surface area (Å²) < 4.78 is 5.56. The number of carbonyl (C=O) groups excluding carboxylic acids is 2. The van der Waals surface area contributed by atoms with Crippen LogP contribution < -0.4 is 10.6 Å². The highest BCUT2D eigenvalue weighted by molar-refractivity contribution is 5.87. The van der Waals surface area contributed by atoms with E-state index < -0.39 is 35.5 Å². The molecule has 0 bridgehead atoms. The smallest absolute Gasteiger partial charge is 0.407 e. The monoisotopic (exact) mass is 438 g/mol. The molecule has 0 aromatic heterocycles. The average Bonchev–Trinajstić information content (AvgIpc) is 3.02. The average molecular weight is 439 g/mol. The summed E-state index contributed by atoms with van der Waals surface area (Å²) in [6, 6.07) is 14.7. The van der Waals surface area contributed by atoms with E-state index in [4.69, 9.17) is 9.84 Å². The summed E-state index contributed by atoms with van der Waals surface area (Å²) in [5.74, 6) is -1.53. The van der Waals surface area contributed by atoms with Crippen LogP contribution in [-0.2, 0) is 14.3 Å². The third-order valence-electron chi connectivity index (χ3n) is 5.60. The summed E-state index contributed by atoms with van der Waals surface area (Å²) in [6.45, 7) is 7.22. The molecule has 0 heterocycles. The molecule has 7 heteroatoms. The van der Waals surface area contributed by atoms with Crippen molar-refractivity contribution in [1.82, 2.24) is 10.6 Å². The lowest BCUT2D eigenvalue weighted by molar-refractivity contribution is -0.137. The minimum atomic E-state index is -1.00. The Labute approximate surface area is 188 Å². The van der Waals surface area contributed by atoms with Gasteiger partial charge in [0.1, 0.15) is 12.6 Å². The van der Waals surface area contributed by atoms with Crippen molar-refractivity contribution in [2.45, 2.75) is 52.1 Å². The third-order valence-corrected chi connectivity index (χ3v) is 5.60. The Hall–Kier alpha value is -3.35. The summed E-state index contributed by atoms with van der Waals surface area (Å²) >= 11 is 0. The summed E-state index contributed by atoms with van der Waals surface area (Å²) in [7, 11) is 0. The number of aliphatic carboxylic acids is 1. The van der Waals surface area contributed by atoms with Gasteiger partial charge in [-0.3, -0.25) is 9.59 Å². The van der Waals surface area contributed by atoms with E-state index in [1.807, 2.05) is 57.2 Å². The second-order valence-corrected chi connectivity index (χ2v) is 9.28. The number of ether oxygens (including phenoxy) is 1. The molecule has 1 aliphatic rings. The van der Waals surface area contributed by atoms with Crippen molar-refractivity contribution in [3.63, 3.8) is 0 Å². The summed E-state index contributed by atoms with van der Waals surface area (Å²) in [5.41, 5.74) is 3.88. The van der Waals surface area contributed by atoms with Crippen LogP contribution >= 0.6 is 0 Å². The van der Waals surface area contributed by atoms with Crippen molar-refractivity contribution in [3.05, 3.63) is 59.7 Å². The van der Waals surface area contributed by atoms with E-state index >= 15 is 0 Å². The zero-order valence-corrected chi connectivity index (χ0v) is 18.8. The van der Waals surface area contributed by atoms with Crippen LogP contribution in [0.2, 0.25) is 0 Å². The molecule has 3 rings (SSSR count). The fraction of sp³-hybridized carbons (Fsp3) is 0.400. The number of amides is 2. The van der Waals surface area contributed by atoms with Crippen LogP contribution in [-0.4, -0.2) is 41.8 Å². The first kappa shape index (κ1) is 23.3. The molecular formula is C25H30N2O5. The highest BCUT2D eigenvalue weighted by Gasteiger charge is 2.35. The minimum Gasteiger partial charge on any atom is -0.481 e. The molecule has 2 atom stereocenters. The van der Waals surface area contributed by atoms with Gasteiger partial charge in [-0.25, -0.2) is 4.79 Å². The second kappa shape index (κ2) is 9.42. The summed E-state index contributed by atoms with van der Waals surface area (Å²) in [5, 5.41) is 14.2. The van der Waals surface area contributed by atoms with Crippen LogP contribution in [0.25, 0.3) is 11.1 Å². The maximum absolute atomic E-state index is 12.7. The molecule has 0 radical (unpaired) electrons. The number of carbonyl (C=O) groups is 3. The molecule has 0 saturated carbocycles. The number of rotatable bonds is 7. The van der Waals surface area contributed by atoms with Gasteiger partial charge >= 0.3 is 12.1 Å². The van der Waals surface area contributed by atoms with Crippen molar-refractivity contribution >= 4 is 18.0 Å². The molecule has 2 amide bonds. The molecule has 0 spiro atoms. The lowest BCUT2D eigenvalue weighted by Gasteiger charge is -2.31. The van der Waals surface area contributed by atoms with Crippen LogP contribution in [0.15, 0.2) is 48.5 Å². The van der Waals surface area contributed by atoms with E-state index in [1.165, 1.54) is 0 Å². The quantitative estimate of drug-likeness (QED) is 0.608. The number of nitrogens with one attached hydrogen (secondary N) is 2. The zero-order chi connectivity index (χ0) is 23.5. The van der Waals surface area contributed by atoms with E-state index in [0.717, 1.165) is 22.3 Å². The van der Waals surface area contributed by atoms with Crippen LogP contribution in [0.3, 0.4) is 0 Å². The lowest BCUT2D eigenvalue weighted by atomic mass is 9.86. The van der Waals surface area contributed by atoms with E-state index in [9.17, 15) is 14.4 Å². The predicted octanol–water partition coefficient (Wildman–Crippen LogP) is 3.92. The van der Waals surface area contributed by atoms with Crippen molar-refractivity contribution < 1.29 is 24.2 Å². The minimum absolute atomic E-state index is 0.0781. The summed E-state index contributed by atoms with van der Waals surface area (Å²) in [4.78, 5) is 36.3. The maximum atomic E-state index is 12.7. The highest BCUT2D eigenvalue weighted by atomic mass is 16.5. The molecule has 2 aromatic rings. The van der Waals surface area contributed by atoms with E-state index in [-0.39, 0.29) is 18.9 Å². The Balaban J connectivity index is 1.67. The fourth-order valence-corrected chi connectivity index (χ4v) is 4.07. The Bertz CT molecular complexity index is 966. The molecule has 2 aromatic carbocycles. The first-order valence-electron chi connectivity index (χ1n) is 10.7. The standard InChI is InChI=1S/C25H30N2O5/c1-15(13-21(28)29)26-23(30)22(25(2,3)4)27-24(31)32-14-20-18-11-7-5-9-16(18)17-10-6-8-12-19(17)20/h5-12,15,20,22H,13-14H2,1-4H3,(H,26,30)(H,27,31)(H,28,29)/t15-,22+/m1/s1. The van der Waals surface area contributed by atoms with Crippen LogP contribution in [0.1, 0.15) is 51.2 Å². The molecule has 170 valence electrons. The number of carboxylic acids is 1. The number of fused-ring (bicyclic) bond motifs is 3. The van der Waals surface area contributed by atoms with Gasteiger partial charge in [-0.15, -0.1) is 0 Å². The molecule has 0 fully saturated rings. The van der Waals surface area contributed by atoms with Gasteiger partial charge < -0.3 is 20.5 Å². The predicted molar refractivity (Wildman–Crippen MR) is 121 cm³/mol. The van der Waals surface area contributed by atoms with Gasteiger partial charge in [0.15, 0.2) is 0 Å². The Morgan fingerprint density at radius 1 is 0.969 bits per heavy atom. The molecular weight excluding hydrogens is 408 g/mol. The highest BCUT2D eigenvalue weighted by Crippen LogP contribution is 2.44. The van der Waals surface area contributed by atoms with Crippen LogP contribution in [0.5, 0.6) is 0 Å². The first-order chi connectivity index (χ1) is 15.1. The molecule has 32 heavy (non-hydrogen) atoms. The number of alkyl carbamates (subject to hydrolysis) is 1. The van der Waals surface area contributed by atoms with E-state index in [2.05, 4.69) is 22.8 Å². The maximum Gasteiger partial charge on any atom is 0.407 e. The SMILES string of the molecule is C[C@H](CC(=O)O)NC(=O)[C@H](NC(=O)OCC1c2ccccc2-c2ccccc21)C(C)(C)C. The normalized spacial score (nSPS) is 14.6. The molecule has 1 aliphatic carbocycles. The Morgan fingerprint density at radius 2 is 1.50 bits per heavy atom. The number of carboxylic acid groups (broad SMARTS) is 1. The molecule has 0 saturated heterocycles.